The third-order valence-corrected chi connectivity index (χ3v) is 8.37. The molecule has 3 heterocycles. The maximum atomic E-state index is 15.7. The number of nitrogens with one attached hydrogen (secondary N) is 2. The third-order valence-electron chi connectivity index (χ3n) is 7.49. The number of aromatic nitrogens is 3. The zero-order valence-corrected chi connectivity index (χ0v) is 18.9. The molecular formula is C25H23F3N4S. The van der Waals surface area contributed by atoms with Crippen LogP contribution in [0.4, 0.5) is 19.0 Å². The van der Waals surface area contributed by atoms with Crippen molar-refractivity contribution in [2.45, 2.75) is 38.6 Å². The van der Waals surface area contributed by atoms with Crippen LogP contribution in [0.2, 0.25) is 0 Å². The zero-order valence-electron chi connectivity index (χ0n) is 18.0. The van der Waals surface area contributed by atoms with Crippen molar-refractivity contribution in [1.82, 2.24) is 15.0 Å². The Balaban J connectivity index is 1.49. The number of benzene rings is 1. The summed E-state index contributed by atoms with van der Waals surface area (Å²) in [5.74, 6) is 0.0709. The van der Waals surface area contributed by atoms with E-state index in [1.54, 1.807) is 6.20 Å². The van der Waals surface area contributed by atoms with E-state index in [9.17, 15) is 8.78 Å². The first-order valence-electron chi connectivity index (χ1n) is 11.3. The van der Waals surface area contributed by atoms with Crippen molar-refractivity contribution in [3.8, 4) is 22.0 Å². The monoisotopic (exact) mass is 468 g/mol. The van der Waals surface area contributed by atoms with Crippen molar-refractivity contribution in [2.24, 2.45) is 17.8 Å². The van der Waals surface area contributed by atoms with Crippen LogP contribution in [0.1, 0.15) is 32.6 Å². The molecule has 0 aliphatic heterocycles. The van der Waals surface area contributed by atoms with Crippen LogP contribution in [0.25, 0.3) is 32.9 Å². The van der Waals surface area contributed by atoms with Gasteiger partial charge in [0, 0.05) is 29.3 Å². The summed E-state index contributed by atoms with van der Waals surface area (Å²) in [5, 5.41) is 5.62. The molecule has 0 unspecified atom stereocenters. The molecule has 2 bridgehead atoms. The summed E-state index contributed by atoms with van der Waals surface area (Å²) < 4.78 is 44.0. The Bertz CT molecular complexity index is 1320. The van der Waals surface area contributed by atoms with E-state index < -0.39 is 17.5 Å². The molecule has 4 aromatic rings. The van der Waals surface area contributed by atoms with Gasteiger partial charge < -0.3 is 10.3 Å². The van der Waals surface area contributed by atoms with E-state index in [0.29, 0.717) is 33.6 Å². The van der Waals surface area contributed by atoms with Gasteiger partial charge in [0.2, 0.25) is 0 Å². The molecule has 3 aliphatic carbocycles. The van der Waals surface area contributed by atoms with Crippen molar-refractivity contribution in [1.29, 1.82) is 0 Å². The van der Waals surface area contributed by atoms with E-state index in [4.69, 9.17) is 0 Å². The minimum absolute atomic E-state index is 0.142. The minimum atomic E-state index is -0.692. The van der Waals surface area contributed by atoms with E-state index in [0.717, 1.165) is 18.9 Å². The van der Waals surface area contributed by atoms with Gasteiger partial charge in [-0.15, -0.1) is 11.3 Å². The zero-order chi connectivity index (χ0) is 22.7. The topological polar surface area (TPSA) is 53.6 Å². The van der Waals surface area contributed by atoms with E-state index >= 15 is 4.39 Å². The molecule has 7 rings (SSSR count). The Hall–Kier alpha value is -2.87. The molecule has 170 valence electrons. The molecular weight excluding hydrogens is 445 g/mol. The first-order chi connectivity index (χ1) is 16.0. The minimum Gasteiger partial charge on any atom is -0.364 e. The Morgan fingerprint density at radius 1 is 1.06 bits per heavy atom. The number of nitrogens with zero attached hydrogens (tertiary/aromatic N) is 2. The average Bonchev–Trinajstić information content (AvgIpc) is 3.48. The number of thiophene rings is 1. The molecule has 3 fully saturated rings. The predicted octanol–water partition coefficient (Wildman–Crippen LogP) is 7.01. The predicted molar refractivity (Wildman–Crippen MR) is 125 cm³/mol. The molecule has 33 heavy (non-hydrogen) atoms. The van der Waals surface area contributed by atoms with Crippen molar-refractivity contribution in [2.75, 3.05) is 5.32 Å². The Labute approximate surface area is 193 Å². The maximum Gasteiger partial charge on any atom is 0.192 e. The fourth-order valence-electron chi connectivity index (χ4n) is 5.74. The second-order valence-electron chi connectivity index (χ2n) is 9.25. The van der Waals surface area contributed by atoms with Gasteiger partial charge in [0.25, 0.3) is 0 Å². The molecule has 4 nitrogen and oxygen atoms in total. The number of hydrogen-bond donors (Lipinski definition) is 2. The molecule has 0 amide bonds. The fraction of sp³-hybridized carbons (Fsp3) is 0.360. The molecule has 0 saturated heterocycles. The van der Waals surface area contributed by atoms with Crippen LogP contribution in [0, 0.1) is 35.2 Å². The van der Waals surface area contributed by atoms with Crippen LogP contribution in [0.3, 0.4) is 0 Å². The second-order valence-corrected chi connectivity index (χ2v) is 10.2. The van der Waals surface area contributed by atoms with Crippen molar-refractivity contribution in [3.63, 3.8) is 0 Å². The molecule has 2 atom stereocenters. The highest BCUT2D eigenvalue weighted by Crippen LogP contribution is 2.46. The van der Waals surface area contributed by atoms with Gasteiger partial charge in [-0.25, -0.2) is 23.1 Å². The molecule has 0 spiro atoms. The van der Waals surface area contributed by atoms with Gasteiger partial charge in [0.1, 0.15) is 17.3 Å². The summed E-state index contributed by atoms with van der Waals surface area (Å²) in [6.45, 7) is 2.24. The highest BCUT2D eigenvalue weighted by Gasteiger charge is 2.41. The van der Waals surface area contributed by atoms with Crippen LogP contribution in [-0.4, -0.2) is 21.0 Å². The number of H-pyrrole nitrogens is 1. The summed E-state index contributed by atoms with van der Waals surface area (Å²) in [6.07, 6.45) is 6.30. The number of halogens is 3. The lowest BCUT2D eigenvalue weighted by Crippen LogP contribution is -2.47. The van der Waals surface area contributed by atoms with Gasteiger partial charge in [-0.05, 0) is 60.9 Å². The van der Waals surface area contributed by atoms with Gasteiger partial charge in [-0.3, -0.25) is 0 Å². The summed E-state index contributed by atoms with van der Waals surface area (Å²) >= 11 is 1.39. The van der Waals surface area contributed by atoms with Crippen molar-refractivity contribution < 1.29 is 13.2 Å². The van der Waals surface area contributed by atoms with E-state index in [-0.39, 0.29) is 28.9 Å². The number of anilines is 1. The van der Waals surface area contributed by atoms with Gasteiger partial charge >= 0.3 is 0 Å². The largest absolute Gasteiger partial charge is 0.364 e. The van der Waals surface area contributed by atoms with Crippen LogP contribution in [0.5, 0.6) is 0 Å². The normalized spacial score (nSPS) is 24.5. The average molecular weight is 469 g/mol. The third kappa shape index (κ3) is 3.42. The highest BCUT2D eigenvalue weighted by atomic mass is 32.1. The smallest absolute Gasteiger partial charge is 0.192 e. The number of rotatable bonds is 4. The standard InChI is InChI=1S/C25H23F3N4S/c1-12-13-4-6-14(7-5-13)21(12)30-25-20(28)23(19-3-2-8-33-19)31-24(32-25)17-11-29-22-16(17)9-15(26)10-18(22)27/h2-3,8-14,21,29H,4-7H2,1H3,(H,30,31,32)/t12-,13?,14?,21+/m1/s1. The van der Waals surface area contributed by atoms with Crippen molar-refractivity contribution in [3.05, 3.63) is 53.3 Å². The number of hydrogen-bond acceptors (Lipinski definition) is 4. The molecule has 3 saturated carbocycles. The van der Waals surface area contributed by atoms with Gasteiger partial charge in [-0.1, -0.05) is 13.0 Å². The lowest BCUT2D eigenvalue weighted by atomic mass is 9.62. The molecule has 1 aromatic carbocycles. The summed E-state index contributed by atoms with van der Waals surface area (Å²) in [5.41, 5.74) is 0.796. The second kappa shape index (κ2) is 7.87. The van der Waals surface area contributed by atoms with E-state index in [1.165, 1.54) is 30.2 Å². The molecule has 3 aromatic heterocycles. The van der Waals surface area contributed by atoms with Crippen molar-refractivity contribution >= 4 is 28.1 Å². The number of fused-ring (bicyclic) bond motifs is 4. The summed E-state index contributed by atoms with van der Waals surface area (Å²) in [6, 6.07) is 5.87. The first-order valence-corrected chi connectivity index (χ1v) is 12.2. The lowest BCUT2D eigenvalue weighted by Gasteiger charge is -2.47. The van der Waals surface area contributed by atoms with Crippen LogP contribution in [0.15, 0.2) is 35.8 Å². The molecule has 2 N–H and O–H groups in total. The quantitative estimate of drug-likeness (QED) is 0.339. The number of aromatic amines is 1. The van der Waals surface area contributed by atoms with Crippen LogP contribution in [-0.2, 0) is 0 Å². The SMILES string of the molecule is C[C@@H]1C2CCC(CC2)[C@H]1Nc1nc(-c2c[nH]c3c(F)cc(F)cc23)nc(-c2cccs2)c1F. The maximum absolute atomic E-state index is 15.7. The Morgan fingerprint density at radius 2 is 1.85 bits per heavy atom. The molecule has 8 heteroatoms. The Morgan fingerprint density at radius 3 is 2.58 bits per heavy atom. The Kier molecular flexibility index (Phi) is 4.94. The van der Waals surface area contributed by atoms with Gasteiger partial charge in [0.05, 0.1) is 10.4 Å². The first kappa shape index (κ1) is 20.7. The lowest BCUT2D eigenvalue weighted by molar-refractivity contribution is 0.0926. The van der Waals surface area contributed by atoms with E-state index in [1.807, 2.05) is 17.5 Å². The van der Waals surface area contributed by atoms with Crippen LogP contribution >= 0.6 is 11.3 Å². The fourth-order valence-corrected chi connectivity index (χ4v) is 6.45. The summed E-state index contributed by atoms with van der Waals surface area (Å²) in [7, 11) is 0. The molecule has 0 radical (unpaired) electrons. The highest BCUT2D eigenvalue weighted by molar-refractivity contribution is 7.13. The van der Waals surface area contributed by atoms with Gasteiger partial charge in [-0.2, -0.15) is 0 Å². The van der Waals surface area contributed by atoms with Gasteiger partial charge in [0.15, 0.2) is 17.5 Å². The summed E-state index contributed by atoms with van der Waals surface area (Å²) in [4.78, 5) is 12.6. The van der Waals surface area contributed by atoms with Crippen LogP contribution < -0.4 is 5.32 Å². The molecule has 3 aliphatic rings. The van der Waals surface area contributed by atoms with E-state index in [2.05, 4.69) is 27.2 Å².